The number of H-pyrrole nitrogens is 2. The van der Waals surface area contributed by atoms with E-state index in [2.05, 4.69) is 20.3 Å². The van der Waals surface area contributed by atoms with E-state index in [1.807, 2.05) is 6.92 Å². The van der Waals surface area contributed by atoms with Gasteiger partial charge in [-0.3, -0.25) is 9.59 Å². The predicted molar refractivity (Wildman–Crippen MR) is 66.1 cm³/mol. The summed E-state index contributed by atoms with van der Waals surface area (Å²) < 4.78 is 0. The lowest BCUT2D eigenvalue weighted by atomic mass is 10.2. The summed E-state index contributed by atoms with van der Waals surface area (Å²) in [4.78, 5) is 32.6. The van der Waals surface area contributed by atoms with Gasteiger partial charge in [0.15, 0.2) is 0 Å². The summed E-state index contributed by atoms with van der Waals surface area (Å²) >= 11 is 0. The number of aromatic nitrogens is 3. The van der Waals surface area contributed by atoms with Crippen LogP contribution in [0.3, 0.4) is 0 Å². The number of carbonyl (C=O) groups excluding carboxylic acids is 1. The van der Waals surface area contributed by atoms with Crippen LogP contribution in [0.2, 0.25) is 0 Å². The molecule has 94 valence electrons. The van der Waals surface area contributed by atoms with Crippen molar-refractivity contribution < 1.29 is 4.79 Å². The van der Waals surface area contributed by atoms with E-state index in [1.54, 1.807) is 18.5 Å². The van der Waals surface area contributed by atoms with Crippen molar-refractivity contribution in [3.05, 3.63) is 52.5 Å². The van der Waals surface area contributed by atoms with Crippen molar-refractivity contribution >= 4 is 5.91 Å². The average molecular weight is 246 g/mol. The van der Waals surface area contributed by atoms with E-state index in [-0.39, 0.29) is 17.5 Å². The van der Waals surface area contributed by atoms with Gasteiger partial charge in [-0.2, -0.15) is 0 Å². The lowest BCUT2D eigenvalue weighted by Gasteiger charge is -2.14. The van der Waals surface area contributed by atoms with Gasteiger partial charge in [-0.25, -0.2) is 4.98 Å². The largest absolute Gasteiger partial charge is 0.347 e. The van der Waals surface area contributed by atoms with Crippen LogP contribution in [-0.2, 0) is 0 Å². The van der Waals surface area contributed by atoms with Gasteiger partial charge in [-0.15, -0.1) is 0 Å². The normalized spacial score (nSPS) is 12.1. The van der Waals surface area contributed by atoms with Crippen molar-refractivity contribution in [3.63, 3.8) is 0 Å². The van der Waals surface area contributed by atoms with Gasteiger partial charge in [-0.05, 0) is 12.5 Å². The van der Waals surface area contributed by atoms with Gasteiger partial charge >= 0.3 is 0 Å². The highest BCUT2D eigenvalue weighted by atomic mass is 16.2. The fraction of sp³-hybridized carbons (Fsp3) is 0.250. The Morgan fingerprint density at radius 1 is 1.44 bits per heavy atom. The van der Waals surface area contributed by atoms with Gasteiger partial charge < -0.3 is 15.3 Å². The number of aromatic amines is 2. The molecule has 1 unspecified atom stereocenters. The molecule has 0 saturated heterocycles. The summed E-state index contributed by atoms with van der Waals surface area (Å²) in [5.74, 6) is 0.417. The van der Waals surface area contributed by atoms with Gasteiger partial charge in [0.2, 0.25) is 5.56 Å². The topological polar surface area (TPSA) is 90.6 Å². The van der Waals surface area contributed by atoms with E-state index in [4.69, 9.17) is 0 Å². The second-order valence-electron chi connectivity index (χ2n) is 3.85. The zero-order valence-corrected chi connectivity index (χ0v) is 9.93. The van der Waals surface area contributed by atoms with E-state index < -0.39 is 0 Å². The van der Waals surface area contributed by atoms with Crippen molar-refractivity contribution in [2.75, 3.05) is 0 Å². The first kappa shape index (κ1) is 12.1. The Morgan fingerprint density at radius 3 is 2.89 bits per heavy atom. The number of pyridine rings is 1. The third-order valence-corrected chi connectivity index (χ3v) is 2.60. The summed E-state index contributed by atoms with van der Waals surface area (Å²) in [6.45, 7) is 1.95. The fourth-order valence-corrected chi connectivity index (χ4v) is 1.66. The minimum Gasteiger partial charge on any atom is -0.347 e. The Labute approximate surface area is 103 Å². The minimum absolute atomic E-state index is 0.188. The maximum atomic E-state index is 12.0. The third-order valence-electron chi connectivity index (χ3n) is 2.60. The molecule has 0 saturated carbocycles. The lowest BCUT2D eigenvalue weighted by molar-refractivity contribution is 0.0933. The van der Waals surface area contributed by atoms with Crippen LogP contribution < -0.4 is 10.9 Å². The van der Waals surface area contributed by atoms with Crippen molar-refractivity contribution in [1.82, 2.24) is 20.3 Å². The molecule has 2 rings (SSSR count). The van der Waals surface area contributed by atoms with Gasteiger partial charge in [-0.1, -0.05) is 6.92 Å². The molecular weight excluding hydrogens is 232 g/mol. The van der Waals surface area contributed by atoms with Crippen LogP contribution in [0, 0.1) is 0 Å². The van der Waals surface area contributed by atoms with Gasteiger partial charge in [0.05, 0.1) is 6.04 Å². The molecule has 2 heterocycles. The van der Waals surface area contributed by atoms with Crippen LogP contribution in [0.25, 0.3) is 0 Å². The molecule has 0 bridgehead atoms. The molecule has 3 N–H and O–H groups in total. The summed E-state index contributed by atoms with van der Waals surface area (Å²) in [6.07, 6.45) is 5.50. The van der Waals surface area contributed by atoms with E-state index in [0.29, 0.717) is 17.8 Å². The number of hydrogen-bond donors (Lipinski definition) is 3. The fourth-order valence-electron chi connectivity index (χ4n) is 1.66. The standard InChI is InChI=1S/C12H14N4O2/c1-2-9(11-14-5-6-15-11)16-12(18)8-3-4-13-10(17)7-8/h3-7,9H,2H2,1H3,(H,13,17)(H,14,15)(H,16,18). The van der Waals surface area contributed by atoms with Crippen molar-refractivity contribution in [2.45, 2.75) is 19.4 Å². The highest BCUT2D eigenvalue weighted by Crippen LogP contribution is 2.12. The Morgan fingerprint density at radius 2 is 2.28 bits per heavy atom. The number of amides is 1. The number of nitrogens with one attached hydrogen (secondary N) is 3. The van der Waals surface area contributed by atoms with Crippen LogP contribution in [0.15, 0.2) is 35.5 Å². The maximum Gasteiger partial charge on any atom is 0.252 e. The van der Waals surface area contributed by atoms with Crippen LogP contribution >= 0.6 is 0 Å². The van der Waals surface area contributed by atoms with E-state index in [9.17, 15) is 9.59 Å². The molecule has 0 fully saturated rings. The van der Waals surface area contributed by atoms with Gasteiger partial charge in [0, 0.05) is 30.2 Å². The summed E-state index contributed by atoms with van der Waals surface area (Å²) in [6, 6.07) is 2.64. The Balaban J connectivity index is 2.13. The summed E-state index contributed by atoms with van der Waals surface area (Å²) in [5.41, 5.74) is 0.0393. The number of imidazole rings is 1. The van der Waals surface area contributed by atoms with Crippen LogP contribution in [0.1, 0.15) is 35.6 Å². The second-order valence-corrected chi connectivity index (χ2v) is 3.85. The zero-order valence-electron chi connectivity index (χ0n) is 9.93. The first-order valence-electron chi connectivity index (χ1n) is 5.69. The predicted octanol–water partition coefficient (Wildman–Crippen LogP) is 0.979. The molecule has 0 spiro atoms. The molecule has 0 aliphatic heterocycles. The second kappa shape index (κ2) is 5.31. The first-order valence-corrected chi connectivity index (χ1v) is 5.69. The van der Waals surface area contributed by atoms with Crippen molar-refractivity contribution in [2.24, 2.45) is 0 Å². The van der Waals surface area contributed by atoms with E-state index in [1.165, 1.54) is 12.3 Å². The Bertz CT molecular complexity index is 574. The molecule has 0 aliphatic rings. The van der Waals surface area contributed by atoms with Crippen LogP contribution in [0.4, 0.5) is 0 Å². The number of carbonyl (C=O) groups is 1. The molecule has 18 heavy (non-hydrogen) atoms. The molecule has 6 heteroatoms. The van der Waals surface area contributed by atoms with E-state index >= 15 is 0 Å². The first-order chi connectivity index (χ1) is 8.70. The third kappa shape index (κ3) is 2.65. The van der Waals surface area contributed by atoms with Crippen molar-refractivity contribution in [1.29, 1.82) is 0 Å². The number of rotatable bonds is 4. The molecule has 2 aromatic heterocycles. The zero-order chi connectivity index (χ0) is 13.0. The number of nitrogens with zero attached hydrogens (tertiary/aromatic N) is 1. The molecule has 0 aromatic carbocycles. The SMILES string of the molecule is CCC(NC(=O)c1cc[nH]c(=O)c1)c1ncc[nH]1. The molecule has 0 radical (unpaired) electrons. The smallest absolute Gasteiger partial charge is 0.252 e. The molecule has 6 nitrogen and oxygen atoms in total. The monoisotopic (exact) mass is 246 g/mol. The lowest BCUT2D eigenvalue weighted by Crippen LogP contribution is -2.29. The quantitative estimate of drug-likeness (QED) is 0.751. The Kier molecular flexibility index (Phi) is 3.57. The average Bonchev–Trinajstić information content (AvgIpc) is 2.89. The maximum absolute atomic E-state index is 12.0. The van der Waals surface area contributed by atoms with Crippen LogP contribution in [-0.4, -0.2) is 20.9 Å². The molecular formula is C12H14N4O2. The van der Waals surface area contributed by atoms with E-state index in [0.717, 1.165) is 0 Å². The summed E-state index contributed by atoms with van der Waals surface area (Å²) in [7, 11) is 0. The van der Waals surface area contributed by atoms with Gasteiger partial charge in [0.25, 0.3) is 5.91 Å². The molecule has 1 atom stereocenters. The molecule has 0 aliphatic carbocycles. The highest BCUT2D eigenvalue weighted by Gasteiger charge is 2.15. The summed E-state index contributed by atoms with van der Waals surface area (Å²) in [5, 5.41) is 2.83. The minimum atomic E-state index is -0.298. The Hall–Kier alpha value is -2.37. The molecule has 2 aromatic rings. The molecule has 1 amide bonds. The highest BCUT2D eigenvalue weighted by molar-refractivity contribution is 5.94. The van der Waals surface area contributed by atoms with Gasteiger partial charge in [0.1, 0.15) is 5.82 Å². The van der Waals surface area contributed by atoms with Crippen LogP contribution in [0.5, 0.6) is 0 Å². The number of hydrogen-bond acceptors (Lipinski definition) is 3. The van der Waals surface area contributed by atoms with Crippen molar-refractivity contribution in [3.8, 4) is 0 Å².